The van der Waals surface area contributed by atoms with E-state index in [1.807, 2.05) is 42.5 Å². The van der Waals surface area contributed by atoms with Gasteiger partial charge >= 0.3 is 0 Å². The fourth-order valence-electron chi connectivity index (χ4n) is 3.70. The first-order valence-corrected chi connectivity index (χ1v) is 11.5. The van der Waals surface area contributed by atoms with Crippen LogP contribution in [-0.4, -0.2) is 37.6 Å². The standard InChI is InChI=1S/C25H27NO5S/c1-29-11-10-26-25(28)22-12-19(21-16-32-23-5-3-2-4-20(21)23)13-24(31-22)30-15-18-8-6-17(14-27)7-9-18/h2-9,12,16,19,24,27H,10-11,13-15H2,1H3,(H,26,28)/t19-,24+/m1/s1. The van der Waals surface area contributed by atoms with Gasteiger partial charge < -0.3 is 24.6 Å². The molecule has 2 heterocycles. The second kappa shape index (κ2) is 10.7. The number of rotatable bonds is 9. The first kappa shape index (κ1) is 22.5. The maximum absolute atomic E-state index is 12.7. The molecule has 0 radical (unpaired) electrons. The number of nitrogens with one attached hydrogen (secondary N) is 1. The number of carbonyl (C=O) groups is 1. The van der Waals surface area contributed by atoms with Gasteiger partial charge in [0, 0.05) is 30.7 Å². The van der Waals surface area contributed by atoms with Crippen LogP contribution in [0.5, 0.6) is 0 Å². The van der Waals surface area contributed by atoms with Gasteiger partial charge in [0.1, 0.15) is 0 Å². The Bertz CT molecular complexity index is 1080. The van der Waals surface area contributed by atoms with Gasteiger partial charge in [0.15, 0.2) is 5.76 Å². The number of thiophene rings is 1. The minimum Gasteiger partial charge on any atom is -0.459 e. The Balaban J connectivity index is 1.52. The van der Waals surface area contributed by atoms with E-state index in [4.69, 9.17) is 14.2 Å². The molecule has 32 heavy (non-hydrogen) atoms. The lowest BCUT2D eigenvalue weighted by molar-refractivity contribution is -0.150. The predicted octanol–water partition coefficient (Wildman–Crippen LogP) is 4.09. The zero-order valence-corrected chi connectivity index (χ0v) is 18.8. The van der Waals surface area contributed by atoms with Gasteiger partial charge in [-0.15, -0.1) is 11.3 Å². The van der Waals surface area contributed by atoms with Crippen LogP contribution in [0.3, 0.4) is 0 Å². The molecule has 1 aromatic heterocycles. The molecule has 1 amide bonds. The molecule has 2 N–H and O–H groups in total. The summed E-state index contributed by atoms with van der Waals surface area (Å²) in [6, 6.07) is 15.9. The first-order valence-electron chi connectivity index (χ1n) is 10.6. The minimum absolute atomic E-state index is 0.00448. The van der Waals surface area contributed by atoms with Crippen LogP contribution in [0.1, 0.15) is 29.0 Å². The van der Waals surface area contributed by atoms with E-state index in [2.05, 4.69) is 22.8 Å². The maximum atomic E-state index is 12.7. The van der Waals surface area contributed by atoms with Gasteiger partial charge in [0.25, 0.3) is 5.91 Å². The van der Waals surface area contributed by atoms with Gasteiger partial charge in [-0.2, -0.15) is 0 Å². The zero-order valence-electron chi connectivity index (χ0n) is 18.0. The van der Waals surface area contributed by atoms with Crippen LogP contribution in [0.2, 0.25) is 0 Å². The lowest BCUT2D eigenvalue weighted by Gasteiger charge is -2.29. The Labute approximate surface area is 191 Å². The van der Waals surface area contributed by atoms with Crippen molar-refractivity contribution in [1.82, 2.24) is 5.32 Å². The molecule has 2 atom stereocenters. The molecular formula is C25H27NO5S. The molecule has 3 aromatic rings. The molecule has 2 aromatic carbocycles. The molecule has 0 unspecified atom stereocenters. The van der Waals surface area contributed by atoms with E-state index in [9.17, 15) is 9.90 Å². The van der Waals surface area contributed by atoms with Crippen molar-refractivity contribution in [2.24, 2.45) is 0 Å². The summed E-state index contributed by atoms with van der Waals surface area (Å²) in [4.78, 5) is 12.7. The minimum atomic E-state index is -0.552. The summed E-state index contributed by atoms with van der Waals surface area (Å²) in [6.45, 7) is 1.20. The highest BCUT2D eigenvalue weighted by atomic mass is 32.1. The molecule has 0 bridgehead atoms. The van der Waals surface area contributed by atoms with E-state index in [0.29, 0.717) is 26.2 Å². The summed E-state index contributed by atoms with van der Waals surface area (Å²) in [7, 11) is 1.59. The average molecular weight is 454 g/mol. The second-order valence-corrected chi connectivity index (χ2v) is 8.55. The Morgan fingerprint density at radius 2 is 1.97 bits per heavy atom. The summed E-state index contributed by atoms with van der Waals surface area (Å²) in [6.07, 6.45) is 1.96. The second-order valence-electron chi connectivity index (χ2n) is 7.64. The number of methoxy groups -OCH3 is 1. The number of aliphatic hydroxyl groups is 1. The highest BCUT2D eigenvalue weighted by Gasteiger charge is 2.30. The Kier molecular flexibility index (Phi) is 7.55. The Hall–Kier alpha value is -2.71. The lowest BCUT2D eigenvalue weighted by atomic mass is 9.92. The monoisotopic (exact) mass is 453 g/mol. The highest BCUT2D eigenvalue weighted by molar-refractivity contribution is 7.17. The fraction of sp³-hybridized carbons (Fsp3) is 0.320. The number of benzene rings is 2. The average Bonchev–Trinajstić information content (AvgIpc) is 3.27. The molecule has 0 aliphatic carbocycles. The summed E-state index contributed by atoms with van der Waals surface area (Å²) >= 11 is 1.70. The van der Waals surface area contributed by atoms with Crippen LogP contribution in [0.15, 0.2) is 65.7 Å². The molecule has 0 saturated heterocycles. The largest absolute Gasteiger partial charge is 0.459 e. The van der Waals surface area contributed by atoms with Gasteiger partial charge in [-0.25, -0.2) is 0 Å². The summed E-state index contributed by atoms with van der Waals surface area (Å²) in [5, 5.41) is 15.4. The Morgan fingerprint density at radius 3 is 2.75 bits per heavy atom. The topological polar surface area (TPSA) is 77.0 Å². The molecule has 1 aliphatic heterocycles. The van der Waals surface area contributed by atoms with E-state index in [1.54, 1.807) is 18.4 Å². The first-order chi connectivity index (χ1) is 15.7. The van der Waals surface area contributed by atoms with Crippen molar-refractivity contribution in [3.05, 3.63) is 82.4 Å². The van der Waals surface area contributed by atoms with Gasteiger partial charge in [-0.05, 0) is 39.6 Å². The molecule has 1 aliphatic rings. The number of amides is 1. The van der Waals surface area contributed by atoms with Crippen molar-refractivity contribution in [2.45, 2.75) is 31.8 Å². The van der Waals surface area contributed by atoms with Gasteiger partial charge in [0.2, 0.25) is 6.29 Å². The van der Waals surface area contributed by atoms with Gasteiger partial charge in [-0.3, -0.25) is 4.79 Å². The van der Waals surface area contributed by atoms with E-state index in [-0.39, 0.29) is 24.2 Å². The molecule has 0 spiro atoms. The van der Waals surface area contributed by atoms with Crippen LogP contribution in [0, 0.1) is 0 Å². The third-order valence-corrected chi connectivity index (χ3v) is 6.41. The molecule has 0 saturated carbocycles. The summed E-state index contributed by atoms with van der Waals surface area (Å²) < 4.78 is 18.2. The molecular weight excluding hydrogens is 426 g/mol. The third-order valence-electron chi connectivity index (χ3n) is 5.42. The van der Waals surface area contributed by atoms with Crippen LogP contribution in [-0.2, 0) is 32.2 Å². The van der Waals surface area contributed by atoms with Gasteiger partial charge in [-0.1, -0.05) is 42.5 Å². The van der Waals surface area contributed by atoms with Crippen LogP contribution in [0.25, 0.3) is 10.1 Å². The summed E-state index contributed by atoms with van der Waals surface area (Å²) in [5.74, 6) is 0.00489. The number of hydrogen-bond acceptors (Lipinski definition) is 6. The number of carbonyl (C=O) groups excluding carboxylic acids is 1. The quantitative estimate of drug-likeness (QED) is 0.478. The molecule has 0 fully saturated rings. The van der Waals surface area contributed by atoms with Crippen molar-refractivity contribution in [2.75, 3.05) is 20.3 Å². The van der Waals surface area contributed by atoms with Crippen molar-refractivity contribution in [1.29, 1.82) is 0 Å². The summed E-state index contributed by atoms with van der Waals surface area (Å²) in [5.41, 5.74) is 3.01. The van der Waals surface area contributed by atoms with Crippen molar-refractivity contribution < 1.29 is 24.1 Å². The SMILES string of the molecule is COCCNC(=O)C1=C[C@@H](c2csc3ccccc23)C[C@@H](OCc2ccc(CO)cc2)O1. The highest BCUT2D eigenvalue weighted by Crippen LogP contribution is 2.38. The lowest BCUT2D eigenvalue weighted by Crippen LogP contribution is -2.34. The normalized spacial score (nSPS) is 18.2. The number of hydrogen-bond donors (Lipinski definition) is 2. The number of ether oxygens (including phenoxy) is 3. The zero-order chi connectivity index (χ0) is 22.3. The van der Waals surface area contributed by atoms with E-state index >= 15 is 0 Å². The molecule has 4 rings (SSSR count). The van der Waals surface area contributed by atoms with Crippen molar-refractivity contribution in [3.8, 4) is 0 Å². The Morgan fingerprint density at radius 1 is 1.19 bits per heavy atom. The fourth-order valence-corrected chi connectivity index (χ4v) is 4.73. The smallest absolute Gasteiger partial charge is 0.286 e. The van der Waals surface area contributed by atoms with Crippen LogP contribution in [0.4, 0.5) is 0 Å². The maximum Gasteiger partial charge on any atom is 0.286 e. The molecule has 168 valence electrons. The van der Waals surface area contributed by atoms with E-state index < -0.39 is 6.29 Å². The number of aliphatic hydroxyl groups excluding tert-OH is 1. The number of allylic oxidation sites excluding steroid dienone is 1. The molecule has 6 nitrogen and oxygen atoms in total. The number of fused-ring (bicyclic) bond motifs is 1. The van der Waals surface area contributed by atoms with E-state index in [0.717, 1.165) is 11.1 Å². The van der Waals surface area contributed by atoms with Crippen molar-refractivity contribution in [3.63, 3.8) is 0 Å². The molecule has 7 heteroatoms. The van der Waals surface area contributed by atoms with E-state index in [1.165, 1.54) is 15.6 Å². The van der Waals surface area contributed by atoms with Crippen molar-refractivity contribution >= 4 is 27.3 Å². The predicted molar refractivity (Wildman–Crippen MR) is 124 cm³/mol. The van der Waals surface area contributed by atoms with Gasteiger partial charge in [0.05, 0.1) is 19.8 Å². The van der Waals surface area contributed by atoms with Crippen LogP contribution >= 0.6 is 11.3 Å². The third kappa shape index (κ3) is 5.37. The van der Waals surface area contributed by atoms with Crippen LogP contribution < -0.4 is 5.32 Å².